The highest BCUT2D eigenvalue weighted by atomic mass is 16.5. The number of H-pyrrole nitrogens is 1. The molecule has 0 spiro atoms. The summed E-state index contributed by atoms with van der Waals surface area (Å²) in [6, 6.07) is 4.90. The van der Waals surface area contributed by atoms with E-state index in [4.69, 9.17) is 9.47 Å². The predicted molar refractivity (Wildman–Crippen MR) is 106 cm³/mol. The first-order chi connectivity index (χ1) is 13.1. The van der Waals surface area contributed by atoms with Crippen molar-refractivity contribution in [2.75, 3.05) is 17.7 Å². The summed E-state index contributed by atoms with van der Waals surface area (Å²) in [6.07, 6.45) is -0.265. The second-order valence-electron chi connectivity index (χ2n) is 6.63. The molecule has 0 aliphatic heterocycles. The molecular weight excluding hydrogens is 362 g/mol. The molecule has 0 bridgehead atoms. The summed E-state index contributed by atoms with van der Waals surface area (Å²) >= 11 is 0. The largest absolute Gasteiger partial charge is 0.495 e. The van der Waals surface area contributed by atoms with Gasteiger partial charge in [0.05, 0.1) is 24.5 Å². The monoisotopic (exact) mass is 387 g/mol. The number of hydrogen-bond donors (Lipinski definition) is 3. The van der Waals surface area contributed by atoms with Gasteiger partial charge in [0.2, 0.25) is 5.91 Å². The van der Waals surface area contributed by atoms with E-state index in [-0.39, 0.29) is 17.7 Å². The highest BCUT2D eigenvalue weighted by Gasteiger charge is 2.24. The third kappa shape index (κ3) is 4.70. The van der Waals surface area contributed by atoms with Crippen LogP contribution in [0.5, 0.6) is 5.75 Å². The molecule has 2 aromatic rings. The molecule has 0 radical (unpaired) electrons. The number of aryl methyl sites for hydroxylation is 1. The molecule has 2 amide bonds. The molecule has 1 aromatic heterocycles. The molecule has 0 saturated carbocycles. The van der Waals surface area contributed by atoms with Gasteiger partial charge in [0.25, 0.3) is 5.91 Å². The zero-order chi connectivity index (χ0) is 21.0. The minimum atomic E-state index is -0.481. The third-order valence-corrected chi connectivity index (χ3v) is 3.98. The fraction of sp³-hybridized carbons (Fsp3) is 0.350. The number of hydrogen-bond acceptors (Lipinski definition) is 5. The van der Waals surface area contributed by atoms with Gasteiger partial charge in [0, 0.05) is 18.3 Å². The molecule has 150 valence electrons. The fourth-order valence-corrected chi connectivity index (χ4v) is 2.83. The highest BCUT2D eigenvalue weighted by Crippen LogP contribution is 2.29. The molecule has 0 aliphatic carbocycles. The Morgan fingerprint density at radius 2 is 1.79 bits per heavy atom. The Kier molecular flexibility index (Phi) is 6.45. The minimum absolute atomic E-state index is 0.230. The van der Waals surface area contributed by atoms with Gasteiger partial charge < -0.3 is 25.1 Å². The van der Waals surface area contributed by atoms with Crippen LogP contribution in [0.1, 0.15) is 52.9 Å². The molecular formula is C20H25N3O5. The Balaban J connectivity index is 2.33. The Morgan fingerprint density at radius 1 is 1.11 bits per heavy atom. The van der Waals surface area contributed by atoms with E-state index in [0.717, 1.165) is 0 Å². The van der Waals surface area contributed by atoms with Gasteiger partial charge in [-0.15, -0.1) is 0 Å². The molecule has 0 saturated heterocycles. The van der Waals surface area contributed by atoms with Crippen LogP contribution in [0.15, 0.2) is 18.2 Å². The first-order valence-corrected chi connectivity index (χ1v) is 8.81. The summed E-state index contributed by atoms with van der Waals surface area (Å²) < 4.78 is 10.5. The maximum atomic E-state index is 12.8. The number of carbonyl (C=O) groups is 3. The number of aromatic amines is 1. The van der Waals surface area contributed by atoms with E-state index in [2.05, 4.69) is 15.6 Å². The van der Waals surface area contributed by atoms with E-state index < -0.39 is 11.9 Å². The number of benzene rings is 1. The molecule has 0 atom stereocenters. The summed E-state index contributed by atoms with van der Waals surface area (Å²) in [5, 5.41) is 5.41. The van der Waals surface area contributed by atoms with Crippen LogP contribution in [-0.4, -0.2) is 36.0 Å². The Morgan fingerprint density at radius 3 is 2.36 bits per heavy atom. The van der Waals surface area contributed by atoms with Crippen molar-refractivity contribution in [2.45, 2.75) is 40.7 Å². The maximum Gasteiger partial charge on any atom is 0.340 e. The number of ether oxygens (including phenoxy) is 2. The summed E-state index contributed by atoms with van der Waals surface area (Å²) in [6.45, 7) is 8.30. The molecule has 2 rings (SSSR count). The van der Waals surface area contributed by atoms with Crippen molar-refractivity contribution >= 4 is 29.2 Å². The first-order valence-electron chi connectivity index (χ1n) is 8.81. The Hall–Kier alpha value is -3.29. The molecule has 0 aliphatic rings. The van der Waals surface area contributed by atoms with Gasteiger partial charge in [-0.05, 0) is 51.5 Å². The van der Waals surface area contributed by atoms with E-state index in [9.17, 15) is 14.4 Å². The lowest BCUT2D eigenvalue weighted by Gasteiger charge is -2.12. The van der Waals surface area contributed by atoms with Gasteiger partial charge in [-0.2, -0.15) is 0 Å². The fourth-order valence-electron chi connectivity index (χ4n) is 2.83. The van der Waals surface area contributed by atoms with E-state index in [1.807, 2.05) is 0 Å². The van der Waals surface area contributed by atoms with Crippen molar-refractivity contribution in [1.82, 2.24) is 4.98 Å². The van der Waals surface area contributed by atoms with Crippen LogP contribution in [-0.2, 0) is 9.53 Å². The quantitative estimate of drug-likeness (QED) is 0.658. The maximum absolute atomic E-state index is 12.8. The summed E-state index contributed by atoms with van der Waals surface area (Å²) in [4.78, 5) is 39.3. The Bertz CT molecular complexity index is 915. The van der Waals surface area contributed by atoms with Crippen molar-refractivity contribution in [1.29, 1.82) is 0 Å². The molecule has 1 aromatic carbocycles. The standard InChI is InChI=1S/C20H25N3O5/c1-10(2)28-20(26)17-11(3)18(21-12(17)4)19(25)23-15-9-14(22-13(5)24)7-8-16(15)27-6/h7-10,21H,1-6H3,(H,22,24)(H,23,25). The predicted octanol–water partition coefficient (Wildman–Crippen LogP) is 3.42. The topological polar surface area (TPSA) is 110 Å². The molecule has 8 heteroatoms. The lowest BCUT2D eigenvalue weighted by Crippen LogP contribution is -2.16. The van der Waals surface area contributed by atoms with Crippen molar-refractivity contribution in [3.8, 4) is 5.75 Å². The van der Waals surface area contributed by atoms with Gasteiger partial charge in [-0.25, -0.2) is 4.79 Å². The molecule has 1 heterocycles. The number of nitrogens with one attached hydrogen (secondary N) is 3. The lowest BCUT2D eigenvalue weighted by atomic mass is 10.1. The van der Waals surface area contributed by atoms with Gasteiger partial charge in [-0.1, -0.05) is 0 Å². The van der Waals surface area contributed by atoms with E-state index in [1.165, 1.54) is 14.0 Å². The first kappa shape index (κ1) is 21.0. The number of esters is 1. The highest BCUT2D eigenvalue weighted by molar-refractivity contribution is 6.07. The number of amides is 2. The molecule has 0 fully saturated rings. The van der Waals surface area contributed by atoms with Crippen LogP contribution in [0.4, 0.5) is 11.4 Å². The molecule has 8 nitrogen and oxygen atoms in total. The number of aromatic nitrogens is 1. The van der Waals surface area contributed by atoms with Crippen LogP contribution < -0.4 is 15.4 Å². The smallest absolute Gasteiger partial charge is 0.340 e. The van der Waals surface area contributed by atoms with Crippen molar-refractivity contribution in [3.05, 3.63) is 40.7 Å². The third-order valence-electron chi connectivity index (χ3n) is 3.98. The SMILES string of the molecule is COc1ccc(NC(C)=O)cc1NC(=O)c1[nH]c(C)c(C(=O)OC(C)C)c1C. The van der Waals surface area contributed by atoms with E-state index >= 15 is 0 Å². The summed E-state index contributed by atoms with van der Waals surface area (Å²) in [5.41, 5.74) is 2.55. The Labute approximate surface area is 163 Å². The number of carbonyl (C=O) groups excluding carboxylic acids is 3. The number of rotatable bonds is 6. The average Bonchev–Trinajstić information content (AvgIpc) is 2.88. The molecule has 3 N–H and O–H groups in total. The van der Waals surface area contributed by atoms with Gasteiger partial charge in [0.1, 0.15) is 11.4 Å². The second-order valence-corrected chi connectivity index (χ2v) is 6.63. The minimum Gasteiger partial charge on any atom is -0.495 e. The summed E-state index contributed by atoms with van der Waals surface area (Å²) in [7, 11) is 1.48. The van der Waals surface area contributed by atoms with Crippen LogP contribution in [0.3, 0.4) is 0 Å². The molecule has 28 heavy (non-hydrogen) atoms. The lowest BCUT2D eigenvalue weighted by molar-refractivity contribution is -0.114. The normalized spacial score (nSPS) is 10.5. The zero-order valence-corrected chi connectivity index (χ0v) is 16.9. The average molecular weight is 387 g/mol. The van der Waals surface area contributed by atoms with Crippen LogP contribution in [0.2, 0.25) is 0 Å². The van der Waals surface area contributed by atoms with Crippen molar-refractivity contribution in [3.63, 3.8) is 0 Å². The van der Waals surface area contributed by atoms with Crippen LogP contribution >= 0.6 is 0 Å². The van der Waals surface area contributed by atoms with E-state index in [1.54, 1.807) is 45.9 Å². The zero-order valence-electron chi connectivity index (χ0n) is 16.9. The number of anilines is 2. The van der Waals surface area contributed by atoms with Crippen molar-refractivity contribution in [2.24, 2.45) is 0 Å². The van der Waals surface area contributed by atoms with Crippen molar-refractivity contribution < 1.29 is 23.9 Å². The van der Waals surface area contributed by atoms with Crippen LogP contribution in [0, 0.1) is 13.8 Å². The van der Waals surface area contributed by atoms with Gasteiger partial charge >= 0.3 is 5.97 Å². The van der Waals surface area contributed by atoms with Gasteiger partial charge in [-0.3, -0.25) is 9.59 Å². The number of methoxy groups -OCH3 is 1. The second kappa shape index (κ2) is 8.60. The molecule has 0 unspecified atom stereocenters. The summed E-state index contributed by atoms with van der Waals surface area (Å²) in [5.74, 6) is -0.720. The van der Waals surface area contributed by atoms with Gasteiger partial charge in [0.15, 0.2) is 0 Å². The van der Waals surface area contributed by atoms with Crippen LogP contribution in [0.25, 0.3) is 0 Å². The van der Waals surface area contributed by atoms with E-state index in [0.29, 0.717) is 33.9 Å².